The molecule has 94 valence electrons. The Hall–Kier alpha value is -1.94. The molecule has 1 atom stereocenters. The largest absolute Gasteiger partial charge is 0.357 e. The first kappa shape index (κ1) is 12.5. The molecule has 0 aliphatic heterocycles. The summed E-state index contributed by atoms with van der Waals surface area (Å²) in [4.78, 5) is 8.37. The van der Waals surface area contributed by atoms with Crippen molar-refractivity contribution in [1.82, 2.24) is 15.3 Å². The molecule has 1 heterocycles. The first-order valence-electron chi connectivity index (χ1n) is 6.06. The smallest absolute Gasteiger partial charge is 0.222 e. The van der Waals surface area contributed by atoms with Gasteiger partial charge in [0.05, 0.1) is 0 Å². The number of anilines is 1. The number of nitrogens with one attached hydrogen (secondary N) is 2. The van der Waals surface area contributed by atoms with E-state index in [-0.39, 0.29) is 0 Å². The molecule has 2 rings (SSSR count). The monoisotopic (exact) mass is 242 g/mol. The quantitative estimate of drug-likeness (QED) is 0.845. The second-order valence-electron chi connectivity index (χ2n) is 4.18. The van der Waals surface area contributed by atoms with Crippen LogP contribution in [-0.2, 0) is 6.54 Å². The first-order chi connectivity index (χ1) is 8.79. The molecule has 4 heteroatoms. The van der Waals surface area contributed by atoms with Crippen molar-refractivity contribution in [3.63, 3.8) is 0 Å². The fraction of sp³-hybridized carbons (Fsp3) is 0.286. The second kappa shape index (κ2) is 6.12. The Morgan fingerprint density at radius 1 is 1.11 bits per heavy atom. The second-order valence-corrected chi connectivity index (χ2v) is 4.18. The highest BCUT2D eigenvalue weighted by molar-refractivity contribution is 5.23. The molecular formula is C14H18N4. The van der Waals surface area contributed by atoms with Crippen LogP contribution in [0.4, 0.5) is 5.95 Å². The fourth-order valence-electron chi connectivity index (χ4n) is 1.71. The molecule has 1 aromatic carbocycles. The van der Waals surface area contributed by atoms with E-state index in [1.165, 1.54) is 5.56 Å². The molecule has 0 bridgehead atoms. The Balaban J connectivity index is 1.91. The van der Waals surface area contributed by atoms with Gasteiger partial charge in [-0.3, -0.25) is 0 Å². The molecule has 1 unspecified atom stereocenters. The lowest BCUT2D eigenvalue weighted by molar-refractivity contribution is 0.573. The van der Waals surface area contributed by atoms with E-state index in [4.69, 9.17) is 0 Å². The fourth-order valence-corrected chi connectivity index (χ4v) is 1.71. The van der Waals surface area contributed by atoms with Gasteiger partial charge in [0.15, 0.2) is 0 Å². The molecule has 0 radical (unpaired) electrons. The third-order valence-corrected chi connectivity index (χ3v) is 2.84. The normalized spacial score (nSPS) is 12.1. The van der Waals surface area contributed by atoms with Gasteiger partial charge in [0, 0.05) is 37.6 Å². The lowest BCUT2D eigenvalue weighted by Crippen LogP contribution is -2.18. The Morgan fingerprint density at radius 3 is 2.39 bits per heavy atom. The molecule has 0 aliphatic carbocycles. The van der Waals surface area contributed by atoms with Crippen LogP contribution < -0.4 is 10.6 Å². The molecule has 1 aromatic heterocycles. The number of nitrogens with zero attached hydrogens (tertiary/aromatic N) is 2. The third-order valence-electron chi connectivity index (χ3n) is 2.84. The summed E-state index contributed by atoms with van der Waals surface area (Å²) in [5.74, 6) is 0.648. The Labute approximate surface area is 107 Å². The summed E-state index contributed by atoms with van der Waals surface area (Å²) in [6.07, 6.45) is 3.67. The van der Waals surface area contributed by atoms with E-state index in [2.05, 4.69) is 51.8 Å². The van der Waals surface area contributed by atoms with Crippen molar-refractivity contribution in [3.8, 4) is 0 Å². The number of hydrogen-bond acceptors (Lipinski definition) is 4. The molecule has 0 saturated heterocycles. The van der Waals surface area contributed by atoms with Gasteiger partial charge in [-0.05, 0) is 12.5 Å². The van der Waals surface area contributed by atoms with Gasteiger partial charge in [0.2, 0.25) is 5.95 Å². The first-order valence-corrected chi connectivity index (χ1v) is 6.06. The lowest BCUT2D eigenvalue weighted by atomic mass is 10.1. The van der Waals surface area contributed by atoms with Crippen molar-refractivity contribution < 1.29 is 0 Å². The molecule has 0 spiro atoms. The van der Waals surface area contributed by atoms with Crippen molar-refractivity contribution in [2.75, 3.05) is 12.4 Å². The maximum Gasteiger partial charge on any atom is 0.222 e. The molecule has 0 amide bonds. The predicted octanol–water partition coefficient (Wildman–Crippen LogP) is 2.37. The van der Waals surface area contributed by atoms with Crippen LogP contribution in [0, 0.1) is 0 Å². The van der Waals surface area contributed by atoms with Crippen LogP contribution in [0.25, 0.3) is 0 Å². The molecule has 2 N–H and O–H groups in total. The zero-order chi connectivity index (χ0) is 12.8. The maximum atomic E-state index is 4.19. The summed E-state index contributed by atoms with van der Waals surface area (Å²) in [5, 5.41) is 6.35. The minimum atomic E-state index is 0.315. The topological polar surface area (TPSA) is 49.8 Å². The Kier molecular flexibility index (Phi) is 4.25. The molecular weight excluding hydrogens is 224 g/mol. The van der Waals surface area contributed by atoms with Crippen LogP contribution >= 0.6 is 0 Å². The molecule has 0 aliphatic rings. The van der Waals surface area contributed by atoms with Crippen LogP contribution in [0.5, 0.6) is 0 Å². The van der Waals surface area contributed by atoms with Crippen LogP contribution in [0.3, 0.4) is 0 Å². The van der Waals surface area contributed by atoms with E-state index < -0.39 is 0 Å². The minimum absolute atomic E-state index is 0.315. The van der Waals surface area contributed by atoms with Gasteiger partial charge in [-0.25, -0.2) is 9.97 Å². The maximum absolute atomic E-state index is 4.19. The predicted molar refractivity (Wildman–Crippen MR) is 73.3 cm³/mol. The van der Waals surface area contributed by atoms with E-state index in [9.17, 15) is 0 Å². The van der Waals surface area contributed by atoms with E-state index in [1.54, 1.807) is 0 Å². The van der Waals surface area contributed by atoms with Gasteiger partial charge in [-0.2, -0.15) is 0 Å². The standard InChI is InChI=1S/C14H18N4/c1-11(13-6-4-3-5-7-13)16-8-12-9-17-14(15-2)18-10-12/h3-7,9-11,16H,8H2,1-2H3,(H,15,17,18). The van der Waals surface area contributed by atoms with Gasteiger partial charge in [0.25, 0.3) is 0 Å². The summed E-state index contributed by atoms with van der Waals surface area (Å²) in [6, 6.07) is 10.7. The van der Waals surface area contributed by atoms with Crippen molar-refractivity contribution in [3.05, 3.63) is 53.9 Å². The van der Waals surface area contributed by atoms with E-state index in [1.807, 2.05) is 25.5 Å². The van der Waals surface area contributed by atoms with Gasteiger partial charge in [-0.15, -0.1) is 0 Å². The SMILES string of the molecule is CNc1ncc(CNC(C)c2ccccc2)cn1. The van der Waals surface area contributed by atoms with E-state index in [0.717, 1.165) is 12.1 Å². The molecule has 2 aromatic rings. The van der Waals surface area contributed by atoms with E-state index in [0.29, 0.717) is 12.0 Å². The molecule has 0 fully saturated rings. The number of rotatable bonds is 5. The Morgan fingerprint density at radius 2 is 1.78 bits per heavy atom. The van der Waals surface area contributed by atoms with Gasteiger partial charge in [0.1, 0.15) is 0 Å². The summed E-state index contributed by atoms with van der Waals surface area (Å²) in [7, 11) is 1.81. The highest BCUT2D eigenvalue weighted by atomic mass is 15.1. The summed E-state index contributed by atoms with van der Waals surface area (Å²) in [6.45, 7) is 2.91. The van der Waals surface area contributed by atoms with Crippen molar-refractivity contribution in [2.24, 2.45) is 0 Å². The average molecular weight is 242 g/mol. The van der Waals surface area contributed by atoms with Crippen molar-refractivity contribution in [1.29, 1.82) is 0 Å². The summed E-state index contributed by atoms with van der Waals surface area (Å²) >= 11 is 0. The molecule has 4 nitrogen and oxygen atoms in total. The zero-order valence-electron chi connectivity index (χ0n) is 10.7. The van der Waals surface area contributed by atoms with Crippen LogP contribution in [0.2, 0.25) is 0 Å². The van der Waals surface area contributed by atoms with Gasteiger partial charge in [-0.1, -0.05) is 30.3 Å². The Bertz CT molecular complexity index is 467. The number of hydrogen-bond donors (Lipinski definition) is 2. The molecule has 18 heavy (non-hydrogen) atoms. The zero-order valence-corrected chi connectivity index (χ0v) is 10.7. The van der Waals surface area contributed by atoms with Crippen LogP contribution in [0.1, 0.15) is 24.1 Å². The van der Waals surface area contributed by atoms with Crippen molar-refractivity contribution >= 4 is 5.95 Å². The highest BCUT2D eigenvalue weighted by Gasteiger charge is 2.04. The summed E-state index contributed by atoms with van der Waals surface area (Å²) < 4.78 is 0. The summed E-state index contributed by atoms with van der Waals surface area (Å²) in [5.41, 5.74) is 2.36. The van der Waals surface area contributed by atoms with E-state index >= 15 is 0 Å². The van der Waals surface area contributed by atoms with Gasteiger partial charge < -0.3 is 10.6 Å². The number of aromatic nitrogens is 2. The average Bonchev–Trinajstić information content (AvgIpc) is 2.46. The number of benzene rings is 1. The van der Waals surface area contributed by atoms with Crippen LogP contribution in [0.15, 0.2) is 42.7 Å². The highest BCUT2D eigenvalue weighted by Crippen LogP contribution is 2.11. The van der Waals surface area contributed by atoms with Gasteiger partial charge >= 0.3 is 0 Å². The molecule has 0 saturated carbocycles. The van der Waals surface area contributed by atoms with Crippen molar-refractivity contribution in [2.45, 2.75) is 19.5 Å². The van der Waals surface area contributed by atoms with Crippen LogP contribution in [-0.4, -0.2) is 17.0 Å². The third kappa shape index (κ3) is 3.28. The minimum Gasteiger partial charge on any atom is -0.357 e. The lowest BCUT2D eigenvalue weighted by Gasteiger charge is -2.13.